The minimum absolute atomic E-state index is 0.123. The average Bonchev–Trinajstić information content (AvgIpc) is 4.01. The largest absolute Gasteiger partial charge is 0.456 e. The second kappa shape index (κ2) is 14.8. The lowest BCUT2D eigenvalue weighted by Crippen LogP contribution is -2.16. The maximum atomic E-state index is 6.25. The first-order valence-electron chi connectivity index (χ1n) is 22.7. The first-order valence-corrected chi connectivity index (χ1v) is 22.7. The Morgan fingerprint density at radius 3 is 1.30 bits per heavy atom. The molecule has 0 fully saturated rings. The van der Waals surface area contributed by atoms with Crippen LogP contribution in [-0.2, 0) is 5.41 Å². The number of nitrogens with zero attached hydrogens (tertiary/aromatic N) is 1. The monoisotopic (exact) mass is 845 g/mol. The topological polar surface area (TPSA) is 29.5 Å². The number of fused-ring (bicyclic) bond motifs is 9. The Kier molecular flexibility index (Phi) is 8.56. The third-order valence-electron chi connectivity index (χ3n) is 13.9. The van der Waals surface area contributed by atoms with Crippen LogP contribution < -0.4 is 4.90 Å². The molecule has 0 amide bonds. The minimum Gasteiger partial charge on any atom is -0.456 e. The van der Waals surface area contributed by atoms with Crippen molar-refractivity contribution in [2.75, 3.05) is 4.90 Å². The molecule has 0 radical (unpaired) electrons. The number of benzene rings is 10. The van der Waals surface area contributed by atoms with Gasteiger partial charge in [0.05, 0.1) is 0 Å². The van der Waals surface area contributed by atoms with E-state index in [0.29, 0.717) is 0 Å². The highest BCUT2D eigenvalue weighted by atomic mass is 16.3. The van der Waals surface area contributed by atoms with Gasteiger partial charge in [-0.3, -0.25) is 0 Å². The molecule has 0 saturated carbocycles. The van der Waals surface area contributed by atoms with Crippen molar-refractivity contribution in [3.63, 3.8) is 0 Å². The van der Waals surface area contributed by atoms with E-state index in [1.54, 1.807) is 0 Å². The zero-order valence-electron chi connectivity index (χ0n) is 36.6. The van der Waals surface area contributed by atoms with Crippen LogP contribution in [0.2, 0.25) is 0 Å². The van der Waals surface area contributed by atoms with Crippen molar-refractivity contribution in [1.82, 2.24) is 0 Å². The fourth-order valence-corrected chi connectivity index (χ4v) is 10.5. The van der Waals surface area contributed by atoms with Crippen LogP contribution in [0.15, 0.2) is 233 Å². The summed E-state index contributed by atoms with van der Waals surface area (Å²) < 4.78 is 12.5. The van der Waals surface area contributed by atoms with Crippen LogP contribution in [0.3, 0.4) is 0 Å². The zero-order chi connectivity index (χ0) is 43.9. The van der Waals surface area contributed by atoms with E-state index in [2.05, 4.69) is 219 Å². The van der Waals surface area contributed by atoms with E-state index in [1.165, 1.54) is 33.4 Å². The van der Waals surface area contributed by atoms with E-state index in [0.717, 1.165) is 94.3 Å². The summed E-state index contributed by atoms with van der Waals surface area (Å²) in [7, 11) is 0. The molecular weight excluding hydrogens is 803 g/mol. The summed E-state index contributed by atoms with van der Waals surface area (Å²) in [6, 6.07) is 81.2. The van der Waals surface area contributed by atoms with Crippen LogP contribution in [0.1, 0.15) is 25.0 Å². The fourth-order valence-electron chi connectivity index (χ4n) is 10.5. The van der Waals surface area contributed by atoms with Gasteiger partial charge in [-0.15, -0.1) is 0 Å². The van der Waals surface area contributed by atoms with E-state index in [-0.39, 0.29) is 5.41 Å². The molecule has 0 N–H and O–H groups in total. The van der Waals surface area contributed by atoms with Gasteiger partial charge >= 0.3 is 0 Å². The van der Waals surface area contributed by atoms with Crippen LogP contribution >= 0.6 is 0 Å². The molecule has 0 saturated heterocycles. The summed E-state index contributed by atoms with van der Waals surface area (Å²) in [4.78, 5) is 2.40. The standard InChI is InChI=1S/C63H43NO2/c1-63(2)57-17-9-6-14-51(57)52-31-30-50(39-58(52)63)64(48-26-20-41(21-27-48)40-12-4-3-5-13-40)49-28-22-42(23-29-49)45-34-46(43-24-32-61-55(37-43)53-15-7-10-18-59(53)65-61)36-47(35-45)44-25-33-62-56(38-44)54-16-8-11-19-60(54)66-62/h3-39H,1-2H3. The van der Waals surface area contributed by atoms with Crippen LogP contribution in [0.25, 0.3) is 99.5 Å². The SMILES string of the molecule is CC1(C)c2ccccc2-c2ccc(N(c3ccc(-c4ccccc4)cc3)c3ccc(-c4cc(-c5ccc6oc7ccccc7c6c5)cc(-c5ccc6oc7ccccc7c6c5)c4)cc3)cc21. The minimum atomic E-state index is -0.123. The number of rotatable bonds is 7. The Hall–Kier alpha value is -8.40. The smallest absolute Gasteiger partial charge is 0.135 e. The molecule has 2 heterocycles. The highest BCUT2D eigenvalue weighted by molar-refractivity contribution is 6.08. The van der Waals surface area contributed by atoms with E-state index in [4.69, 9.17) is 8.83 Å². The molecule has 12 aromatic rings. The van der Waals surface area contributed by atoms with Crippen molar-refractivity contribution in [3.05, 3.63) is 236 Å². The summed E-state index contributed by atoms with van der Waals surface area (Å²) in [5, 5.41) is 4.46. The lowest BCUT2D eigenvalue weighted by atomic mass is 9.82. The van der Waals surface area contributed by atoms with Crippen molar-refractivity contribution in [2.45, 2.75) is 19.3 Å². The fraction of sp³-hybridized carbons (Fsp3) is 0.0476. The second-order valence-electron chi connectivity index (χ2n) is 18.1. The van der Waals surface area contributed by atoms with Crippen LogP contribution in [0.4, 0.5) is 17.1 Å². The van der Waals surface area contributed by atoms with Crippen molar-refractivity contribution in [2.24, 2.45) is 0 Å². The third-order valence-corrected chi connectivity index (χ3v) is 13.9. The molecule has 0 bridgehead atoms. The molecule has 312 valence electrons. The van der Waals surface area contributed by atoms with Gasteiger partial charge in [-0.2, -0.15) is 0 Å². The Morgan fingerprint density at radius 2 is 0.712 bits per heavy atom. The van der Waals surface area contributed by atoms with Gasteiger partial charge in [-0.25, -0.2) is 0 Å². The summed E-state index contributed by atoms with van der Waals surface area (Å²) >= 11 is 0. The molecule has 0 atom stereocenters. The molecule has 3 heteroatoms. The van der Waals surface area contributed by atoms with Gasteiger partial charge in [-0.1, -0.05) is 147 Å². The summed E-state index contributed by atoms with van der Waals surface area (Å²) in [5.41, 5.74) is 21.3. The lowest BCUT2D eigenvalue weighted by Gasteiger charge is -2.28. The third kappa shape index (κ3) is 6.19. The predicted octanol–water partition coefficient (Wildman–Crippen LogP) is 17.9. The van der Waals surface area contributed by atoms with Gasteiger partial charge in [0.2, 0.25) is 0 Å². The zero-order valence-corrected chi connectivity index (χ0v) is 36.6. The molecule has 3 nitrogen and oxygen atoms in total. The first kappa shape index (κ1) is 38.1. The van der Waals surface area contributed by atoms with E-state index < -0.39 is 0 Å². The maximum Gasteiger partial charge on any atom is 0.135 e. The predicted molar refractivity (Wildman–Crippen MR) is 275 cm³/mol. The summed E-state index contributed by atoms with van der Waals surface area (Å²) in [6.45, 7) is 4.70. The number of hydrogen-bond donors (Lipinski definition) is 0. The van der Waals surface area contributed by atoms with Crippen molar-refractivity contribution in [3.8, 4) is 55.6 Å². The van der Waals surface area contributed by atoms with Crippen molar-refractivity contribution >= 4 is 60.9 Å². The quantitative estimate of drug-likeness (QED) is 0.160. The average molecular weight is 846 g/mol. The first-order chi connectivity index (χ1) is 32.4. The highest BCUT2D eigenvalue weighted by Gasteiger charge is 2.35. The van der Waals surface area contributed by atoms with Crippen LogP contribution in [-0.4, -0.2) is 0 Å². The molecule has 2 aromatic heterocycles. The van der Waals surface area contributed by atoms with Crippen LogP contribution in [0.5, 0.6) is 0 Å². The molecule has 0 aliphatic heterocycles. The van der Waals surface area contributed by atoms with Gasteiger partial charge in [0.25, 0.3) is 0 Å². The van der Waals surface area contributed by atoms with E-state index in [1.807, 2.05) is 24.3 Å². The van der Waals surface area contributed by atoms with Crippen molar-refractivity contribution < 1.29 is 8.83 Å². The van der Waals surface area contributed by atoms with Crippen molar-refractivity contribution in [1.29, 1.82) is 0 Å². The second-order valence-corrected chi connectivity index (χ2v) is 18.1. The van der Waals surface area contributed by atoms with E-state index >= 15 is 0 Å². The Morgan fingerprint density at radius 1 is 0.288 bits per heavy atom. The Labute approximate surface area is 383 Å². The van der Waals surface area contributed by atoms with Gasteiger partial charge in [-0.05, 0) is 158 Å². The normalized spacial score (nSPS) is 12.8. The van der Waals surface area contributed by atoms with Gasteiger partial charge in [0.15, 0.2) is 0 Å². The summed E-state index contributed by atoms with van der Waals surface area (Å²) in [6.07, 6.45) is 0. The molecule has 1 aliphatic rings. The molecule has 13 rings (SSSR count). The molecule has 10 aromatic carbocycles. The van der Waals surface area contributed by atoms with Gasteiger partial charge in [0.1, 0.15) is 22.3 Å². The number of para-hydroxylation sites is 2. The Bertz CT molecular complexity index is 3700. The molecule has 0 unspecified atom stereocenters. The molecule has 66 heavy (non-hydrogen) atoms. The summed E-state index contributed by atoms with van der Waals surface area (Å²) in [5.74, 6) is 0. The van der Waals surface area contributed by atoms with Crippen LogP contribution in [0, 0.1) is 0 Å². The number of anilines is 3. The molecular formula is C63H43NO2. The van der Waals surface area contributed by atoms with Gasteiger partial charge < -0.3 is 13.7 Å². The lowest BCUT2D eigenvalue weighted by molar-refractivity contribution is 0.660. The Balaban J connectivity index is 0.943. The number of hydrogen-bond acceptors (Lipinski definition) is 3. The molecule has 0 spiro atoms. The van der Waals surface area contributed by atoms with E-state index in [9.17, 15) is 0 Å². The maximum absolute atomic E-state index is 6.25. The van der Waals surface area contributed by atoms with Gasteiger partial charge in [0, 0.05) is 44.0 Å². The number of furan rings is 2. The molecule has 1 aliphatic carbocycles. The highest BCUT2D eigenvalue weighted by Crippen LogP contribution is 2.51.